The molecule has 0 saturated heterocycles. The fraction of sp³-hybridized carbons (Fsp3) is 0.722. The summed E-state index contributed by atoms with van der Waals surface area (Å²) >= 11 is 7.07. The molecule has 4 aliphatic rings. The summed E-state index contributed by atoms with van der Waals surface area (Å²) in [4.78, 5) is 4.14. The minimum absolute atomic E-state index is 0.290. The molecule has 4 aliphatic carbocycles. The molecular weight excluding hydrogens is 266 g/mol. The minimum Gasteiger partial charge on any atom is -0.265 e. The smallest absolute Gasteiger partial charge is 0.0458 e. The van der Waals surface area contributed by atoms with Gasteiger partial charge in [-0.05, 0) is 85.3 Å². The van der Waals surface area contributed by atoms with Crippen molar-refractivity contribution >= 4 is 11.6 Å². The van der Waals surface area contributed by atoms with Gasteiger partial charge in [-0.15, -0.1) is 11.6 Å². The molecular formula is C18H24ClN. The van der Waals surface area contributed by atoms with E-state index in [-0.39, 0.29) is 0 Å². The first kappa shape index (κ1) is 13.1. The lowest BCUT2D eigenvalue weighted by molar-refractivity contribution is -0.0573. The molecule has 2 atom stereocenters. The van der Waals surface area contributed by atoms with E-state index in [1.165, 1.54) is 44.1 Å². The highest BCUT2D eigenvalue weighted by Crippen LogP contribution is 2.63. The van der Waals surface area contributed by atoms with Crippen molar-refractivity contribution in [2.75, 3.05) is 0 Å². The summed E-state index contributed by atoms with van der Waals surface area (Å²) in [5.41, 5.74) is 1.79. The molecule has 2 heteroatoms. The lowest BCUT2D eigenvalue weighted by Gasteiger charge is -2.59. The van der Waals surface area contributed by atoms with Crippen molar-refractivity contribution in [2.45, 2.75) is 56.7 Å². The number of halogens is 1. The second-order valence-electron chi connectivity index (χ2n) is 7.75. The average Bonchev–Trinajstić information content (AvgIpc) is 2.45. The molecule has 108 valence electrons. The molecule has 4 fully saturated rings. The maximum absolute atomic E-state index is 7.07. The van der Waals surface area contributed by atoms with E-state index in [0.29, 0.717) is 16.7 Å². The Bertz CT molecular complexity index is 448. The van der Waals surface area contributed by atoms with Crippen molar-refractivity contribution < 1.29 is 0 Å². The number of rotatable bonds is 3. The quantitative estimate of drug-likeness (QED) is 0.713. The summed E-state index contributed by atoms with van der Waals surface area (Å²) in [5, 5.41) is 0.290. The lowest BCUT2D eigenvalue weighted by atomic mass is 9.48. The predicted molar refractivity (Wildman–Crippen MR) is 82.9 cm³/mol. The van der Waals surface area contributed by atoms with Crippen LogP contribution in [-0.2, 0) is 0 Å². The number of hydrogen-bond donors (Lipinski definition) is 0. The summed E-state index contributed by atoms with van der Waals surface area (Å²) in [6.45, 7) is 2.31. The van der Waals surface area contributed by atoms with E-state index >= 15 is 0 Å². The van der Waals surface area contributed by atoms with Gasteiger partial charge >= 0.3 is 0 Å². The van der Waals surface area contributed by atoms with Gasteiger partial charge in [0.15, 0.2) is 0 Å². The van der Waals surface area contributed by atoms with Crippen LogP contribution in [0.3, 0.4) is 0 Å². The summed E-state index contributed by atoms with van der Waals surface area (Å²) in [5.74, 6) is 3.38. The zero-order valence-electron chi connectivity index (χ0n) is 12.3. The lowest BCUT2D eigenvalue weighted by Crippen LogP contribution is -2.51. The Morgan fingerprint density at radius 2 is 1.55 bits per heavy atom. The molecule has 4 bridgehead atoms. The van der Waals surface area contributed by atoms with E-state index in [1.807, 2.05) is 12.4 Å². The molecule has 5 rings (SSSR count). The number of nitrogens with zero attached hydrogens (tertiary/aromatic N) is 1. The number of alkyl halides is 1. The Morgan fingerprint density at radius 3 is 2.05 bits per heavy atom. The van der Waals surface area contributed by atoms with Gasteiger partial charge in [-0.1, -0.05) is 6.92 Å². The molecule has 0 N–H and O–H groups in total. The van der Waals surface area contributed by atoms with Crippen LogP contribution < -0.4 is 0 Å². The third-order valence-electron chi connectivity index (χ3n) is 6.34. The molecule has 1 aromatic rings. The molecule has 4 saturated carbocycles. The van der Waals surface area contributed by atoms with Gasteiger partial charge in [0.2, 0.25) is 0 Å². The molecule has 1 aromatic heterocycles. The van der Waals surface area contributed by atoms with Crippen LogP contribution >= 0.6 is 11.6 Å². The molecule has 1 nitrogen and oxygen atoms in total. The van der Waals surface area contributed by atoms with Crippen molar-refractivity contribution in [3.63, 3.8) is 0 Å². The van der Waals surface area contributed by atoms with E-state index < -0.39 is 0 Å². The van der Waals surface area contributed by atoms with Gasteiger partial charge in [-0.25, -0.2) is 0 Å². The van der Waals surface area contributed by atoms with E-state index in [1.54, 1.807) is 0 Å². The first-order chi connectivity index (χ1) is 9.66. The van der Waals surface area contributed by atoms with Crippen LogP contribution in [0.4, 0.5) is 0 Å². The predicted octanol–water partition coefficient (Wildman–Crippen LogP) is 5.01. The Balaban J connectivity index is 1.60. The van der Waals surface area contributed by atoms with Crippen LogP contribution in [0, 0.1) is 23.2 Å². The fourth-order valence-corrected chi connectivity index (χ4v) is 6.29. The molecule has 0 aliphatic heterocycles. The Labute approximate surface area is 127 Å². The third-order valence-corrected chi connectivity index (χ3v) is 7.18. The largest absolute Gasteiger partial charge is 0.265 e. The maximum Gasteiger partial charge on any atom is 0.0458 e. The molecule has 2 unspecified atom stereocenters. The van der Waals surface area contributed by atoms with Crippen LogP contribution in [0.15, 0.2) is 24.5 Å². The van der Waals surface area contributed by atoms with Crippen molar-refractivity contribution in [3.05, 3.63) is 30.1 Å². The third kappa shape index (κ3) is 2.01. The SMILES string of the molecule is CC(c1ccncc1)C(Cl)C12CC3CC(CC(C3)C1)C2. The highest BCUT2D eigenvalue weighted by atomic mass is 35.5. The highest BCUT2D eigenvalue weighted by Gasteiger charge is 2.54. The first-order valence-corrected chi connectivity index (χ1v) is 8.64. The molecule has 0 amide bonds. The van der Waals surface area contributed by atoms with Crippen molar-refractivity contribution in [3.8, 4) is 0 Å². The standard InChI is InChI=1S/C18H24ClN/c1-12(16-2-4-20-5-3-16)17(19)18-9-13-6-14(10-18)8-15(7-13)11-18/h2-5,12-15,17H,6-11H2,1H3. The van der Waals surface area contributed by atoms with Gasteiger partial charge in [0.05, 0.1) is 0 Å². The Kier molecular flexibility index (Phi) is 3.10. The summed E-state index contributed by atoms with van der Waals surface area (Å²) < 4.78 is 0. The van der Waals surface area contributed by atoms with Crippen LogP contribution in [0.2, 0.25) is 0 Å². The number of hydrogen-bond acceptors (Lipinski definition) is 1. The number of aromatic nitrogens is 1. The summed E-state index contributed by atoms with van der Waals surface area (Å²) in [6.07, 6.45) is 12.4. The minimum atomic E-state index is 0.290. The van der Waals surface area contributed by atoms with Crippen LogP contribution in [0.5, 0.6) is 0 Å². The van der Waals surface area contributed by atoms with Crippen molar-refractivity contribution in [1.82, 2.24) is 4.98 Å². The van der Waals surface area contributed by atoms with Gasteiger partial charge in [-0.2, -0.15) is 0 Å². The molecule has 0 aromatic carbocycles. The fourth-order valence-electron chi connectivity index (χ4n) is 5.88. The monoisotopic (exact) mass is 289 g/mol. The second-order valence-corrected chi connectivity index (χ2v) is 8.22. The van der Waals surface area contributed by atoms with Crippen LogP contribution in [-0.4, -0.2) is 10.4 Å². The second kappa shape index (κ2) is 4.73. The summed E-state index contributed by atoms with van der Waals surface area (Å²) in [6, 6.07) is 4.28. The van der Waals surface area contributed by atoms with E-state index in [4.69, 9.17) is 11.6 Å². The maximum atomic E-state index is 7.07. The average molecular weight is 290 g/mol. The van der Waals surface area contributed by atoms with Crippen LogP contribution in [0.25, 0.3) is 0 Å². The Hall–Kier alpha value is -0.560. The van der Waals surface area contributed by atoms with Gasteiger partial charge in [-0.3, -0.25) is 4.98 Å². The van der Waals surface area contributed by atoms with Crippen LogP contribution in [0.1, 0.15) is 56.9 Å². The van der Waals surface area contributed by atoms with Gasteiger partial charge in [0.1, 0.15) is 0 Å². The molecule has 0 radical (unpaired) electrons. The number of pyridine rings is 1. The zero-order chi connectivity index (χ0) is 13.7. The molecule has 20 heavy (non-hydrogen) atoms. The normalized spacial score (nSPS) is 41.6. The van der Waals surface area contributed by atoms with Crippen molar-refractivity contribution in [2.24, 2.45) is 23.2 Å². The van der Waals surface area contributed by atoms with Gasteiger partial charge in [0.25, 0.3) is 0 Å². The van der Waals surface area contributed by atoms with Gasteiger partial charge < -0.3 is 0 Å². The van der Waals surface area contributed by atoms with E-state index in [9.17, 15) is 0 Å². The first-order valence-electron chi connectivity index (χ1n) is 8.20. The van der Waals surface area contributed by atoms with Gasteiger partial charge in [0, 0.05) is 17.8 Å². The Morgan fingerprint density at radius 1 is 1.05 bits per heavy atom. The molecule has 0 spiro atoms. The van der Waals surface area contributed by atoms with Crippen molar-refractivity contribution in [1.29, 1.82) is 0 Å². The topological polar surface area (TPSA) is 12.9 Å². The van der Waals surface area contributed by atoms with E-state index in [2.05, 4.69) is 24.0 Å². The zero-order valence-corrected chi connectivity index (χ0v) is 13.0. The highest BCUT2D eigenvalue weighted by molar-refractivity contribution is 6.21. The van der Waals surface area contributed by atoms with E-state index in [0.717, 1.165) is 17.8 Å². The molecule has 1 heterocycles. The summed E-state index contributed by atoms with van der Waals surface area (Å²) in [7, 11) is 0.